The first-order valence-corrected chi connectivity index (χ1v) is 8.02. The minimum Gasteiger partial charge on any atom is -0.505 e. The van der Waals surface area contributed by atoms with Crippen molar-refractivity contribution in [2.45, 2.75) is 6.54 Å². The predicted molar refractivity (Wildman–Crippen MR) is 80.3 cm³/mol. The molecule has 0 atom stereocenters. The number of hydrogen-bond acceptors (Lipinski definition) is 4. The Morgan fingerprint density at radius 2 is 1.86 bits per heavy atom. The minimum absolute atomic E-state index is 0.347. The fourth-order valence-corrected chi connectivity index (χ4v) is 2.33. The normalized spacial score (nSPS) is 11.1. The van der Waals surface area contributed by atoms with E-state index in [9.17, 15) is 12.8 Å². The van der Waals surface area contributed by atoms with Gasteiger partial charge >= 0.3 is 0 Å². The van der Waals surface area contributed by atoms with E-state index in [-0.39, 0.29) is 0 Å². The molecular weight excluding hydrogens is 295 g/mol. The van der Waals surface area contributed by atoms with Gasteiger partial charge in [0.25, 0.3) is 0 Å². The van der Waals surface area contributed by atoms with Crippen LogP contribution >= 0.6 is 0 Å². The van der Waals surface area contributed by atoms with Crippen molar-refractivity contribution < 1.29 is 17.9 Å². The average molecular weight is 310 g/mol. The van der Waals surface area contributed by atoms with Gasteiger partial charge in [0.05, 0.1) is 11.9 Å². The van der Waals surface area contributed by atoms with Crippen molar-refractivity contribution in [3.05, 3.63) is 53.8 Å². The monoisotopic (exact) mass is 310 g/mol. The lowest BCUT2D eigenvalue weighted by atomic mass is 10.2. The van der Waals surface area contributed by atoms with Crippen LogP contribution in [0.2, 0.25) is 0 Å². The average Bonchev–Trinajstić information content (AvgIpc) is 2.39. The Labute approximate surface area is 122 Å². The number of sulfonamides is 1. The lowest BCUT2D eigenvalue weighted by Crippen LogP contribution is -2.09. The van der Waals surface area contributed by atoms with Gasteiger partial charge in [-0.2, -0.15) is 0 Å². The van der Waals surface area contributed by atoms with E-state index in [1.165, 1.54) is 12.1 Å². The number of phenols is 1. The Balaban J connectivity index is 2.06. The summed E-state index contributed by atoms with van der Waals surface area (Å²) in [5.74, 6) is -1.07. The molecule has 2 rings (SSSR count). The zero-order valence-corrected chi connectivity index (χ0v) is 12.1. The van der Waals surface area contributed by atoms with Crippen LogP contribution in [0.15, 0.2) is 42.5 Å². The molecule has 0 fully saturated rings. The molecule has 0 saturated carbocycles. The molecule has 0 spiro atoms. The predicted octanol–water partition coefficient (Wildman–Crippen LogP) is 2.51. The molecular formula is C14H15FN2O3S. The molecule has 3 N–H and O–H groups in total. The summed E-state index contributed by atoms with van der Waals surface area (Å²) in [5.41, 5.74) is 1.79. The second-order valence-corrected chi connectivity index (χ2v) is 6.34. The maximum Gasteiger partial charge on any atom is 0.229 e. The van der Waals surface area contributed by atoms with Gasteiger partial charge in [-0.05, 0) is 35.9 Å². The number of halogens is 1. The quantitative estimate of drug-likeness (QED) is 0.793. The highest BCUT2D eigenvalue weighted by molar-refractivity contribution is 7.92. The molecule has 0 unspecified atom stereocenters. The molecule has 0 heterocycles. The maximum absolute atomic E-state index is 13.2. The second-order valence-electron chi connectivity index (χ2n) is 4.59. The lowest BCUT2D eigenvalue weighted by Gasteiger charge is -2.09. The molecule has 112 valence electrons. The van der Waals surface area contributed by atoms with Gasteiger partial charge in [-0.1, -0.05) is 12.1 Å². The van der Waals surface area contributed by atoms with Gasteiger partial charge < -0.3 is 10.4 Å². The summed E-state index contributed by atoms with van der Waals surface area (Å²) in [6, 6.07) is 10.9. The van der Waals surface area contributed by atoms with Gasteiger partial charge in [0.1, 0.15) is 0 Å². The number of rotatable bonds is 5. The van der Waals surface area contributed by atoms with Crippen LogP contribution < -0.4 is 10.0 Å². The van der Waals surface area contributed by atoms with Crippen LogP contribution in [0.25, 0.3) is 0 Å². The van der Waals surface area contributed by atoms with Crippen molar-refractivity contribution in [2.24, 2.45) is 0 Å². The van der Waals surface area contributed by atoms with E-state index in [4.69, 9.17) is 5.11 Å². The fourth-order valence-electron chi connectivity index (χ4n) is 1.77. The molecule has 0 saturated heterocycles. The Hall–Kier alpha value is -2.28. The third-order valence-corrected chi connectivity index (χ3v) is 3.28. The van der Waals surface area contributed by atoms with E-state index in [2.05, 4.69) is 10.0 Å². The maximum atomic E-state index is 13.2. The van der Waals surface area contributed by atoms with Gasteiger partial charge in [0.2, 0.25) is 10.0 Å². The van der Waals surface area contributed by atoms with Crippen LogP contribution in [0.4, 0.5) is 15.8 Å². The topological polar surface area (TPSA) is 78.4 Å². The summed E-state index contributed by atoms with van der Waals surface area (Å²) < 4.78 is 37.9. The first kappa shape index (κ1) is 15.1. The molecule has 0 aromatic heterocycles. The summed E-state index contributed by atoms with van der Waals surface area (Å²) in [7, 11) is -3.33. The smallest absolute Gasteiger partial charge is 0.229 e. The van der Waals surface area contributed by atoms with E-state index < -0.39 is 21.6 Å². The van der Waals surface area contributed by atoms with E-state index in [1.807, 2.05) is 0 Å². The Morgan fingerprint density at radius 1 is 1.14 bits per heavy atom. The summed E-state index contributed by atoms with van der Waals surface area (Å²) in [6.45, 7) is 0.347. The van der Waals surface area contributed by atoms with E-state index >= 15 is 0 Å². The molecule has 7 heteroatoms. The fraction of sp³-hybridized carbons (Fsp3) is 0.143. The van der Waals surface area contributed by atoms with Crippen molar-refractivity contribution in [1.82, 2.24) is 0 Å². The third kappa shape index (κ3) is 4.64. The number of nitrogens with one attached hydrogen (secondary N) is 2. The molecule has 0 bridgehead atoms. The van der Waals surface area contributed by atoms with Crippen LogP contribution in [-0.2, 0) is 16.6 Å². The zero-order chi connectivity index (χ0) is 15.5. The lowest BCUT2D eigenvalue weighted by molar-refractivity contribution is 0.432. The molecule has 2 aromatic rings. The highest BCUT2D eigenvalue weighted by atomic mass is 32.2. The molecule has 21 heavy (non-hydrogen) atoms. The van der Waals surface area contributed by atoms with Crippen LogP contribution in [0.3, 0.4) is 0 Å². The van der Waals surface area contributed by atoms with Crippen LogP contribution in [0.1, 0.15) is 5.56 Å². The van der Waals surface area contributed by atoms with Crippen molar-refractivity contribution in [3.8, 4) is 5.75 Å². The highest BCUT2D eigenvalue weighted by Crippen LogP contribution is 2.19. The zero-order valence-electron chi connectivity index (χ0n) is 11.3. The van der Waals surface area contributed by atoms with Crippen molar-refractivity contribution in [1.29, 1.82) is 0 Å². The van der Waals surface area contributed by atoms with Gasteiger partial charge in [-0.15, -0.1) is 0 Å². The van der Waals surface area contributed by atoms with Gasteiger partial charge in [0, 0.05) is 12.2 Å². The van der Waals surface area contributed by atoms with E-state index in [0.717, 1.165) is 6.26 Å². The number of aromatic hydroxyl groups is 1. The van der Waals surface area contributed by atoms with Gasteiger partial charge in [-0.3, -0.25) is 4.72 Å². The molecule has 0 aliphatic heterocycles. The Bertz CT molecular complexity index is 748. The number of anilines is 2. The van der Waals surface area contributed by atoms with E-state index in [1.54, 1.807) is 30.3 Å². The van der Waals surface area contributed by atoms with Crippen molar-refractivity contribution in [2.75, 3.05) is 16.3 Å². The number of phenolic OH excluding ortho intramolecular Hbond substituents is 1. The molecule has 2 aromatic carbocycles. The van der Waals surface area contributed by atoms with Gasteiger partial charge in [-0.25, -0.2) is 12.8 Å². The largest absolute Gasteiger partial charge is 0.505 e. The standard InChI is InChI=1S/C14H15FN2O3S/c1-21(19,20)17-12-4-2-3-11(8-12)16-9-10-5-6-14(18)13(15)7-10/h2-8,16-18H,9H2,1H3. The molecule has 5 nitrogen and oxygen atoms in total. The minimum atomic E-state index is -3.33. The van der Waals surface area contributed by atoms with Gasteiger partial charge in [0.15, 0.2) is 11.6 Å². The van der Waals surface area contributed by atoms with Crippen LogP contribution in [0, 0.1) is 5.82 Å². The van der Waals surface area contributed by atoms with Crippen LogP contribution in [0.5, 0.6) is 5.75 Å². The summed E-state index contributed by atoms with van der Waals surface area (Å²) in [6.07, 6.45) is 1.08. The summed E-state index contributed by atoms with van der Waals surface area (Å²) >= 11 is 0. The summed E-state index contributed by atoms with van der Waals surface area (Å²) in [4.78, 5) is 0. The van der Waals surface area contributed by atoms with E-state index in [0.29, 0.717) is 23.5 Å². The number of benzene rings is 2. The van der Waals surface area contributed by atoms with Crippen molar-refractivity contribution >= 4 is 21.4 Å². The third-order valence-electron chi connectivity index (χ3n) is 2.67. The first-order chi connectivity index (χ1) is 9.83. The SMILES string of the molecule is CS(=O)(=O)Nc1cccc(NCc2ccc(O)c(F)c2)c1. The first-order valence-electron chi connectivity index (χ1n) is 6.12. The Kier molecular flexibility index (Phi) is 4.32. The van der Waals surface area contributed by atoms with Crippen LogP contribution in [-0.4, -0.2) is 19.8 Å². The number of hydrogen-bond donors (Lipinski definition) is 3. The van der Waals surface area contributed by atoms with Crippen molar-refractivity contribution in [3.63, 3.8) is 0 Å². The molecule has 0 radical (unpaired) electrons. The second kappa shape index (κ2) is 6.01. The molecule has 0 amide bonds. The Morgan fingerprint density at radius 3 is 2.52 bits per heavy atom. The molecule has 0 aliphatic rings. The summed E-state index contributed by atoms with van der Waals surface area (Å²) in [5, 5.41) is 12.2. The highest BCUT2D eigenvalue weighted by Gasteiger charge is 2.04. The molecule has 0 aliphatic carbocycles.